The van der Waals surface area contributed by atoms with Crippen molar-refractivity contribution in [1.82, 2.24) is 16.0 Å². The van der Waals surface area contributed by atoms with Crippen LogP contribution in [0.4, 0.5) is 13.2 Å². The van der Waals surface area contributed by atoms with E-state index < -0.39 is 17.1 Å². The van der Waals surface area contributed by atoms with Gasteiger partial charge in [0.05, 0.1) is 24.2 Å². The molecule has 9 heteroatoms. The van der Waals surface area contributed by atoms with Gasteiger partial charge in [0.25, 0.3) is 0 Å². The molecule has 1 saturated carbocycles. The molecule has 3 N–H and O–H groups in total. The molecule has 1 aromatic carbocycles. The van der Waals surface area contributed by atoms with Crippen LogP contribution in [0.25, 0.3) is 0 Å². The molecule has 5 nitrogen and oxygen atoms in total. The highest BCUT2D eigenvalue weighted by Gasteiger charge is 2.40. The number of hydrogen-bond acceptors (Lipinski definition) is 4. The number of alkyl halides is 3. The van der Waals surface area contributed by atoms with Gasteiger partial charge in [-0.15, -0.1) is 0 Å². The third kappa shape index (κ3) is 5.38. The van der Waals surface area contributed by atoms with Crippen molar-refractivity contribution in [2.24, 2.45) is 5.92 Å². The summed E-state index contributed by atoms with van der Waals surface area (Å²) in [5.41, 5.74) is -4.44. The molecule has 1 heterocycles. The highest BCUT2D eigenvalue weighted by molar-refractivity contribution is 8.00. The molecular formula is C18H22F3N3O2S. The van der Waals surface area contributed by atoms with Crippen LogP contribution < -0.4 is 16.0 Å². The van der Waals surface area contributed by atoms with E-state index in [2.05, 4.69) is 16.0 Å². The Balaban J connectivity index is 1.64. The van der Waals surface area contributed by atoms with Gasteiger partial charge in [-0.05, 0) is 62.1 Å². The summed E-state index contributed by atoms with van der Waals surface area (Å²) in [7, 11) is 0. The Morgan fingerprint density at radius 1 is 1.19 bits per heavy atom. The molecule has 1 aliphatic heterocycles. The predicted octanol–water partition coefficient (Wildman–Crippen LogP) is 2.86. The number of benzene rings is 1. The summed E-state index contributed by atoms with van der Waals surface area (Å²) in [6, 6.07) is 5.29. The highest BCUT2D eigenvalue weighted by Crippen LogP contribution is 2.37. The molecule has 2 fully saturated rings. The van der Waals surface area contributed by atoms with E-state index in [4.69, 9.17) is 0 Å². The fourth-order valence-electron chi connectivity index (χ4n) is 3.13. The number of carbonyl (C=O) groups excluding carboxylic acids is 2. The number of rotatable bonds is 5. The van der Waals surface area contributed by atoms with Gasteiger partial charge in [0, 0.05) is 4.90 Å². The Labute approximate surface area is 159 Å². The van der Waals surface area contributed by atoms with Crippen LogP contribution in [0.5, 0.6) is 0 Å². The number of nitrogens with one attached hydrogen (secondary N) is 3. The summed E-state index contributed by atoms with van der Waals surface area (Å²) < 4.78 is 37.3. The molecule has 0 bridgehead atoms. The minimum atomic E-state index is -4.34. The molecule has 27 heavy (non-hydrogen) atoms. The van der Waals surface area contributed by atoms with Gasteiger partial charge < -0.3 is 10.6 Å². The van der Waals surface area contributed by atoms with Gasteiger partial charge in [-0.2, -0.15) is 13.2 Å². The standard InChI is InChI=1S/C18H22F3N3O2S/c1-17(2,11-5-7-12(8-6-11)27-18(19,20)21)24-16(26)13-9-14(25)23-15(22-13)10-3-4-10/h5-8,10,13,15,22H,3-4,9H2,1-2H3,(H,23,25)(H,24,26). The summed E-state index contributed by atoms with van der Waals surface area (Å²) in [5.74, 6) is -0.0809. The van der Waals surface area contributed by atoms with Crippen LogP contribution in [-0.4, -0.2) is 29.5 Å². The summed E-state index contributed by atoms with van der Waals surface area (Å²) >= 11 is -0.176. The summed E-state index contributed by atoms with van der Waals surface area (Å²) in [5, 5.41) is 8.94. The number of amides is 2. The third-order valence-electron chi connectivity index (χ3n) is 4.74. The lowest BCUT2D eigenvalue weighted by Crippen LogP contribution is -2.62. The zero-order valence-corrected chi connectivity index (χ0v) is 15.8. The molecule has 1 aliphatic carbocycles. The number of thioether (sulfide) groups is 1. The van der Waals surface area contributed by atoms with E-state index in [0.29, 0.717) is 11.5 Å². The number of carbonyl (C=O) groups is 2. The fraction of sp³-hybridized carbons (Fsp3) is 0.556. The molecule has 2 amide bonds. The second-order valence-corrected chi connectivity index (χ2v) is 8.63. The predicted molar refractivity (Wildman–Crippen MR) is 95.7 cm³/mol. The minimum absolute atomic E-state index is 0.0618. The van der Waals surface area contributed by atoms with Crippen molar-refractivity contribution in [3.8, 4) is 0 Å². The Bertz CT molecular complexity index is 718. The van der Waals surface area contributed by atoms with Crippen molar-refractivity contribution in [2.75, 3.05) is 0 Å². The molecule has 148 valence electrons. The first-order chi connectivity index (χ1) is 12.5. The van der Waals surface area contributed by atoms with Gasteiger partial charge in [0.2, 0.25) is 11.8 Å². The fourth-order valence-corrected chi connectivity index (χ4v) is 3.67. The van der Waals surface area contributed by atoms with Gasteiger partial charge in [-0.25, -0.2) is 0 Å². The van der Waals surface area contributed by atoms with Gasteiger partial charge in [0.1, 0.15) is 0 Å². The first kappa shape index (κ1) is 20.0. The van der Waals surface area contributed by atoms with Gasteiger partial charge in [-0.3, -0.25) is 14.9 Å². The Hall–Kier alpha value is -1.74. The van der Waals surface area contributed by atoms with Crippen LogP contribution >= 0.6 is 11.8 Å². The van der Waals surface area contributed by atoms with E-state index in [1.54, 1.807) is 26.0 Å². The van der Waals surface area contributed by atoms with Gasteiger partial charge >= 0.3 is 5.51 Å². The second-order valence-electron chi connectivity index (χ2n) is 7.49. The Morgan fingerprint density at radius 2 is 1.81 bits per heavy atom. The van der Waals surface area contributed by atoms with Crippen LogP contribution in [0.1, 0.15) is 38.7 Å². The second kappa shape index (κ2) is 7.35. The number of hydrogen-bond donors (Lipinski definition) is 3. The average Bonchev–Trinajstić information content (AvgIpc) is 3.37. The molecule has 3 rings (SSSR count). The molecule has 2 unspecified atom stereocenters. The largest absolute Gasteiger partial charge is 0.446 e. The lowest BCUT2D eigenvalue weighted by molar-refractivity contribution is -0.133. The Morgan fingerprint density at radius 3 is 2.37 bits per heavy atom. The topological polar surface area (TPSA) is 70.2 Å². The zero-order valence-electron chi connectivity index (χ0n) is 15.0. The molecular weight excluding hydrogens is 379 g/mol. The van der Waals surface area contributed by atoms with Crippen LogP contribution in [0.3, 0.4) is 0 Å². The maximum atomic E-state index is 12.7. The quantitative estimate of drug-likeness (QED) is 0.664. The molecule has 0 spiro atoms. The molecule has 2 atom stereocenters. The number of halogens is 3. The molecule has 2 aliphatic rings. The van der Waals surface area contributed by atoms with Crippen LogP contribution in [-0.2, 0) is 15.1 Å². The van der Waals surface area contributed by atoms with Crippen LogP contribution in [0.2, 0.25) is 0 Å². The van der Waals surface area contributed by atoms with Crippen LogP contribution in [0.15, 0.2) is 29.2 Å². The van der Waals surface area contributed by atoms with Crippen molar-refractivity contribution in [1.29, 1.82) is 0 Å². The van der Waals surface area contributed by atoms with E-state index >= 15 is 0 Å². The van der Waals surface area contributed by atoms with E-state index in [9.17, 15) is 22.8 Å². The first-order valence-corrected chi connectivity index (χ1v) is 9.59. The Kier molecular flexibility index (Phi) is 5.45. The highest BCUT2D eigenvalue weighted by atomic mass is 32.2. The third-order valence-corrected chi connectivity index (χ3v) is 5.48. The maximum Gasteiger partial charge on any atom is 0.446 e. The SMILES string of the molecule is CC(C)(NC(=O)C1CC(=O)NC(C2CC2)N1)c1ccc(SC(F)(F)F)cc1. The van der Waals surface area contributed by atoms with Crippen molar-refractivity contribution < 1.29 is 22.8 Å². The molecule has 0 aromatic heterocycles. The maximum absolute atomic E-state index is 12.7. The van der Waals surface area contributed by atoms with Gasteiger partial charge in [-0.1, -0.05) is 12.1 Å². The van der Waals surface area contributed by atoms with E-state index in [-0.39, 0.29) is 41.1 Å². The van der Waals surface area contributed by atoms with Crippen LogP contribution in [0, 0.1) is 5.92 Å². The summed E-state index contributed by atoms with van der Waals surface area (Å²) in [6.45, 7) is 3.55. The van der Waals surface area contributed by atoms with Crippen molar-refractivity contribution >= 4 is 23.6 Å². The summed E-state index contributed by atoms with van der Waals surface area (Å²) in [4.78, 5) is 24.6. The van der Waals surface area contributed by atoms with E-state index in [1.807, 2.05) is 0 Å². The minimum Gasteiger partial charge on any atom is -0.346 e. The smallest absolute Gasteiger partial charge is 0.346 e. The molecule has 1 saturated heterocycles. The lowest BCUT2D eigenvalue weighted by Gasteiger charge is -2.34. The van der Waals surface area contributed by atoms with Crippen molar-refractivity contribution in [3.63, 3.8) is 0 Å². The monoisotopic (exact) mass is 401 g/mol. The van der Waals surface area contributed by atoms with Crippen molar-refractivity contribution in [3.05, 3.63) is 29.8 Å². The summed E-state index contributed by atoms with van der Waals surface area (Å²) in [6.07, 6.45) is 1.94. The lowest BCUT2D eigenvalue weighted by atomic mass is 9.93. The zero-order chi connectivity index (χ0) is 19.8. The van der Waals surface area contributed by atoms with E-state index in [1.165, 1.54) is 12.1 Å². The first-order valence-electron chi connectivity index (χ1n) is 8.77. The van der Waals surface area contributed by atoms with Crippen molar-refractivity contribution in [2.45, 2.75) is 61.3 Å². The van der Waals surface area contributed by atoms with E-state index in [0.717, 1.165) is 12.8 Å². The molecule has 1 aromatic rings. The molecule has 0 radical (unpaired) electrons. The average molecular weight is 401 g/mol. The normalized spacial score (nSPS) is 23.7. The van der Waals surface area contributed by atoms with Gasteiger partial charge in [0.15, 0.2) is 0 Å².